The van der Waals surface area contributed by atoms with E-state index in [1.54, 1.807) is 0 Å². The number of carbonyl (C=O) groups is 2. The van der Waals surface area contributed by atoms with Crippen molar-refractivity contribution < 1.29 is 14.0 Å². The molecule has 0 fully saturated rings. The first-order chi connectivity index (χ1) is 14.2. The molecule has 0 spiro atoms. The highest BCUT2D eigenvalue weighted by molar-refractivity contribution is 6.09. The maximum Gasteiger partial charge on any atom is 0.254 e. The van der Waals surface area contributed by atoms with Crippen molar-refractivity contribution in [3.8, 4) is 0 Å². The number of Topliss-reactive ketones (excluding diaryl/α,β-unsaturated/α-hetero) is 1. The largest absolute Gasteiger partial charge is 0.362 e. The highest BCUT2D eigenvalue weighted by Gasteiger charge is 2.42. The fourth-order valence-corrected chi connectivity index (χ4v) is 4.45. The first-order valence-electron chi connectivity index (χ1n) is 10.1. The SMILES string of the molecule is CC1=C(C(=O)Nc2ccc(F)cc2)C(c2ccccc2)C2=C(CC(C)(C)CC2=O)N1. The van der Waals surface area contributed by atoms with Crippen molar-refractivity contribution in [1.82, 2.24) is 5.32 Å². The van der Waals surface area contributed by atoms with Crippen LogP contribution in [-0.4, -0.2) is 11.7 Å². The third-order valence-electron chi connectivity index (χ3n) is 5.72. The molecular weight excluding hydrogens is 379 g/mol. The molecule has 1 unspecified atom stereocenters. The molecule has 0 bridgehead atoms. The molecule has 2 N–H and O–H groups in total. The van der Waals surface area contributed by atoms with Crippen molar-refractivity contribution in [1.29, 1.82) is 0 Å². The van der Waals surface area contributed by atoms with Gasteiger partial charge in [-0.3, -0.25) is 9.59 Å². The minimum atomic E-state index is -0.438. The van der Waals surface area contributed by atoms with Crippen molar-refractivity contribution in [2.75, 3.05) is 5.32 Å². The van der Waals surface area contributed by atoms with Gasteiger partial charge in [-0.1, -0.05) is 44.2 Å². The Morgan fingerprint density at radius 2 is 1.73 bits per heavy atom. The van der Waals surface area contributed by atoms with Crippen LogP contribution in [0.5, 0.6) is 0 Å². The number of hydrogen-bond donors (Lipinski definition) is 2. The highest BCUT2D eigenvalue weighted by atomic mass is 19.1. The zero-order chi connectivity index (χ0) is 21.5. The molecule has 5 heteroatoms. The van der Waals surface area contributed by atoms with E-state index in [4.69, 9.17) is 0 Å². The lowest BCUT2D eigenvalue weighted by Gasteiger charge is -2.39. The minimum Gasteiger partial charge on any atom is -0.362 e. The number of ketones is 1. The predicted molar refractivity (Wildman–Crippen MR) is 115 cm³/mol. The van der Waals surface area contributed by atoms with Crippen LogP contribution in [0.3, 0.4) is 0 Å². The molecule has 154 valence electrons. The number of carbonyl (C=O) groups excluding carboxylic acids is 2. The fraction of sp³-hybridized carbons (Fsp3) is 0.280. The Kier molecular flexibility index (Phi) is 5.06. The quantitative estimate of drug-likeness (QED) is 0.751. The first kappa shape index (κ1) is 20.1. The van der Waals surface area contributed by atoms with Crippen molar-refractivity contribution in [2.24, 2.45) is 5.41 Å². The predicted octanol–water partition coefficient (Wildman–Crippen LogP) is 5.07. The fourth-order valence-electron chi connectivity index (χ4n) is 4.45. The van der Waals surface area contributed by atoms with Gasteiger partial charge in [-0.15, -0.1) is 0 Å². The van der Waals surface area contributed by atoms with E-state index >= 15 is 0 Å². The Balaban J connectivity index is 1.78. The van der Waals surface area contributed by atoms with Crippen LogP contribution in [0.15, 0.2) is 77.1 Å². The van der Waals surface area contributed by atoms with Crippen molar-refractivity contribution in [3.05, 3.63) is 88.5 Å². The average Bonchev–Trinajstić information content (AvgIpc) is 2.68. The van der Waals surface area contributed by atoms with E-state index in [9.17, 15) is 14.0 Å². The lowest BCUT2D eigenvalue weighted by molar-refractivity contribution is -0.118. The normalized spacial score (nSPS) is 20.5. The summed E-state index contributed by atoms with van der Waals surface area (Å²) in [5, 5.41) is 6.21. The van der Waals surface area contributed by atoms with Crippen LogP contribution in [0, 0.1) is 11.2 Å². The molecule has 0 radical (unpaired) electrons. The van der Waals surface area contributed by atoms with E-state index < -0.39 is 5.92 Å². The lowest BCUT2D eigenvalue weighted by atomic mass is 9.68. The Morgan fingerprint density at radius 3 is 2.40 bits per heavy atom. The second-order valence-corrected chi connectivity index (χ2v) is 8.80. The van der Waals surface area contributed by atoms with Crippen LogP contribution >= 0.6 is 0 Å². The van der Waals surface area contributed by atoms with E-state index in [0.29, 0.717) is 23.3 Å². The zero-order valence-electron chi connectivity index (χ0n) is 17.4. The molecule has 2 aromatic rings. The van der Waals surface area contributed by atoms with Gasteiger partial charge in [0, 0.05) is 40.6 Å². The highest BCUT2D eigenvalue weighted by Crippen LogP contribution is 2.46. The van der Waals surface area contributed by atoms with Gasteiger partial charge in [-0.25, -0.2) is 4.39 Å². The van der Waals surface area contributed by atoms with E-state index in [1.165, 1.54) is 24.3 Å². The summed E-state index contributed by atoms with van der Waals surface area (Å²) < 4.78 is 13.2. The maximum absolute atomic E-state index is 13.3. The number of hydrogen-bond acceptors (Lipinski definition) is 3. The molecule has 1 aliphatic heterocycles. The van der Waals surface area contributed by atoms with Gasteiger partial charge in [0.1, 0.15) is 5.82 Å². The van der Waals surface area contributed by atoms with Crippen molar-refractivity contribution >= 4 is 17.4 Å². The van der Waals surface area contributed by atoms with E-state index in [2.05, 4.69) is 24.5 Å². The molecule has 1 amide bonds. The smallest absolute Gasteiger partial charge is 0.254 e. The summed E-state index contributed by atoms with van der Waals surface area (Å²) in [5.74, 6) is -1.03. The van der Waals surface area contributed by atoms with Gasteiger partial charge < -0.3 is 10.6 Å². The third-order valence-corrected chi connectivity index (χ3v) is 5.72. The van der Waals surface area contributed by atoms with Crippen LogP contribution in [-0.2, 0) is 9.59 Å². The van der Waals surface area contributed by atoms with Gasteiger partial charge in [-0.05, 0) is 48.6 Å². The van der Waals surface area contributed by atoms with Crippen molar-refractivity contribution in [3.63, 3.8) is 0 Å². The summed E-state index contributed by atoms with van der Waals surface area (Å²) in [4.78, 5) is 26.5. The number of anilines is 1. The van der Waals surface area contributed by atoms with E-state index in [1.807, 2.05) is 37.3 Å². The molecule has 1 atom stereocenters. The second-order valence-electron chi connectivity index (χ2n) is 8.80. The van der Waals surface area contributed by atoms with E-state index in [-0.39, 0.29) is 22.9 Å². The van der Waals surface area contributed by atoms with Gasteiger partial charge >= 0.3 is 0 Å². The first-order valence-corrected chi connectivity index (χ1v) is 10.1. The molecule has 1 heterocycles. The number of nitrogens with one attached hydrogen (secondary N) is 2. The molecule has 0 saturated carbocycles. The Labute approximate surface area is 175 Å². The number of rotatable bonds is 3. The lowest BCUT2D eigenvalue weighted by Crippen LogP contribution is -2.39. The van der Waals surface area contributed by atoms with Gasteiger partial charge in [0.15, 0.2) is 5.78 Å². The maximum atomic E-state index is 13.3. The van der Waals surface area contributed by atoms with Gasteiger partial charge in [-0.2, -0.15) is 0 Å². The molecule has 2 aromatic carbocycles. The van der Waals surface area contributed by atoms with E-state index in [0.717, 1.165) is 23.4 Å². The topological polar surface area (TPSA) is 58.2 Å². The molecule has 4 rings (SSSR count). The van der Waals surface area contributed by atoms with Crippen LogP contribution in [0.25, 0.3) is 0 Å². The molecule has 0 aromatic heterocycles. The van der Waals surface area contributed by atoms with Crippen LogP contribution < -0.4 is 10.6 Å². The monoisotopic (exact) mass is 404 g/mol. The zero-order valence-corrected chi connectivity index (χ0v) is 17.4. The van der Waals surface area contributed by atoms with Gasteiger partial charge in [0.2, 0.25) is 0 Å². The number of allylic oxidation sites excluding steroid dienone is 3. The molecule has 1 aliphatic carbocycles. The Morgan fingerprint density at radius 1 is 1.07 bits per heavy atom. The molecule has 0 saturated heterocycles. The average molecular weight is 404 g/mol. The number of dihydropyridines is 1. The molecule has 4 nitrogen and oxygen atoms in total. The summed E-state index contributed by atoms with van der Waals surface area (Å²) in [6, 6.07) is 15.3. The Hall–Kier alpha value is -3.21. The number of amides is 1. The Bertz CT molecular complexity index is 1070. The summed E-state index contributed by atoms with van der Waals surface area (Å²) in [6.45, 7) is 6.04. The summed E-state index contributed by atoms with van der Waals surface area (Å²) >= 11 is 0. The van der Waals surface area contributed by atoms with Gasteiger partial charge in [0.25, 0.3) is 5.91 Å². The van der Waals surface area contributed by atoms with Crippen LogP contribution in [0.4, 0.5) is 10.1 Å². The molecule has 2 aliphatic rings. The number of halogens is 1. The summed E-state index contributed by atoms with van der Waals surface area (Å²) in [5.41, 5.74) is 4.10. The summed E-state index contributed by atoms with van der Waals surface area (Å²) in [7, 11) is 0. The molecular formula is C25H25FN2O2. The minimum absolute atomic E-state index is 0.0715. The van der Waals surface area contributed by atoms with Crippen molar-refractivity contribution in [2.45, 2.75) is 39.5 Å². The van der Waals surface area contributed by atoms with Crippen LogP contribution in [0.1, 0.15) is 45.1 Å². The number of benzene rings is 2. The van der Waals surface area contributed by atoms with Crippen LogP contribution in [0.2, 0.25) is 0 Å². The second kappa shape index (κ2) is 7.56. The molecule has 30 heavy (non-hydrogen) atoms. The van der Waals surface area contributed by atoms with Gasteiger partial charge in [0.05, 0.1) is 0 Å². The standard InChI is InChI=1S/C25H25FN2O2/c1-15-21(24(30)28-18-11-9-17(26)10-12-18)22(16-7-5-4-6-8-16)23-19(27-15)13-25(2,3)14-20(23)29/h4-12,22,27H,13-14H2,1-3H3,(H,28,30). The third kappa shape index (κ3) is 3.80. The summed E-state index contributed by atoms with van der Waals surface area (Å²) in [6.07, 6.45) is 1.20.